The molecular formula is C18H28FNO. The van der Waals surface area contributed by atoms with Gasteiger partial charge in [0, 0.05) is 12.6 Å². The van der Waals surface area contributed by atoms with Gasteiger partial charge in [0.2, 0.25) is 0 Å². The van der Waals surface area contributed by atoms with Crippen LogP contribution >= 0.6 is 0 Å². The zero-order chi connectivity index (χ0) is 15.5. The molecule has 1 aliphatic rings. The first kappa shape index (κ1) is 16.4. The van der Waals surface area contributed by atoms with Crippen molar-refractivity contribution in [2.75, 3.05) is 6.61 Å². The van der Waals surface area contributed by atoms with Crippen LogP contribution in [0.4, 0.5) is 4.39 Å². The molecule has 0 aliphatic heterocycles. The second kappa shape index (κ2) is 6.45. The Morgan fingerprint density at radius 1 is 1.14 bits per heavy atom. The number of hydrogen-bond acceptors (Lipinski definition) is 2. The van der Waals surface area contributed by atoms with Gasteiger partial charge in [0.05, 0.1) is 5.60 Å². The van der Waals surface area contributed by atoms with Crippen molar-refractivity contribution in [2.45, 2.75) is 64.5 Å². The Hall–Kier alpha value is -0.930. The molecule has 0 radical (unpaired) electrons. The fourth-order valence-corrected chi connectivity index (χ4v) is 3.32. The fraction of sp³-hybridized carbons (Fsp3) is 0.667. The third-order valence-corrected chi connectivity index (χ3v) is 4.93. The van der Waals surface area contributed by atoms with Crippen molar-refractivity contribution in [3.63, 3.8) is 0 Å². The number of benzene rings is 1. The highest BCUT2D eigenvalue weighted by molar-refractivity contribution is 5.18. The summed E-state index contributed by atoms with van der Waals surface area (Å²) in [4.78, 5) is 0. The van der Waals surface area contributed by atoms with E-state index in [1.807, 2.05) is 19.1 Å². The van der Waals surface area contributed by atoms with Crippen LogP contribution in [0.2, 0.25) is 0 Å². The van der Waals surface area contributed by atoms with E-state index in [0.29, 0.717) is 12.0 Å². The van der Waals surface area contributed by atoms with E-state index in [4.69, 9.17) is 10.5 Å². The van der Waals surface area contributed by atoms with Crippen molar-refractivity contribution in [3.05, 3.63) is 35.6 Å². The maximum atomic E-state index is 13.0. The van der Waals surface area contributed by atoms with E-state index in [1.54, 1.807) is 0 Å². The van der Waals surface area contributed by atoms with Crippen LogP contribution in [-0.4, -0.2) is 18.2 Å². The van der Waals surface area contributed by atoms with Crippen molar-refractivity contribution in [1.29, 1.82) is 0 Å². The Bertz CT molecular complexity index is 445. The monoisotopic (exact) mass is 293 g/mol. The van der Waals surface area contributed by atoms with Crippen molar-refractivity contribution in [3.8, 4) is 0 Å². The summed E-state index contributed by atoms with van der Waals surface area (Å²) in [5.74, 6) is -0.203. The largest absolute Gasteiger partial charge is 0.374 e. The van der Waals surface area contributed by atoms with Crippen LogP contribution in [0.25, 0.3) is 0 Å². The van der Waals surface area contributed by atoms with Gasteiger partial charge in [-0.05, 0) is 62.1 Å². The molecule has 0 bridgehead atoms. The summed E-state index contributed by atoms with van der Waals surface area (Å²) >= 11 is 0. The maximum Gasteiger partial charge on any atom is 0.123 e. The van der Waals surface area contributed by atoms with Crippen LogP contribution in [0.5, 0.6) is 0 Å². The van der Waals surface area contributed by atoms with Crippen molar-refractivity contribution in [1.82, 2.24) is 0 Å². The molecule has 1 aromatic carbocycles. The topological polar surface area (TPSA) is 35.2 Å². The van der Waals surface area contributed by atoms with Gasteiger partial charge >= 0.3 is 0 Å². The molecular weight excluding hydrogens is 265 g/mol. The highest BCUT2D eigenvalue weighted by Gasteiger charge is 2.43. The molecule has 2 rings (SSSR count). The van der Waals surface area contributed by atoms with Gasteiger partial charge in [-0.25, -0.2) is 4.39 Å². The predicted octanol–water partition coefficient (Wildman–Crippen LogP) is 4.07. The molecule has 1 aliphatic carbocycles. The van der Waals surface area contributed by atoms with Gasteiger partial charge in [-0.3, -0.25) is 0 Å². The first-order valence-corrected chi connectivity index (χ1v) is 8.01. The van der Waals surface area contributed by atoms with E-state index in [9.17, 15) is 4.39 Å². The third-order valence-electron chi connectivity index (χ3n) is 4.93. The minimum Gasteiger partial charge on any atom is -0.374 e. The summed E-state index contributed by atoms with van der Waals surface area (Å²) in [6, 6.07) is 6.60. The molecule has 1 fully saturated rings. The Morgan fingerprint density at radius 2 is 1.71 bits per heavy atom. The summed E-state index contributed by atoms with van der Waals surface area (Å²) in [5.41, 5.74) is 7.75. The van der Waals surface area contributed by atoms with Gasteiger partial charge in [-0.2, -0.15) is 0 Å². The molecule has 1 saturated carbocycles. The van der Waals surface area contributed by atoms with Crippen molar-refractivity contribution >= 4 is 0 Å². The van der Waals surface area contributed by atoms with E-state index in [0.717, 1.165) is 37.7 Å². The molecule has 0 heterocycles. The van der Waals surface area contributed by atoms with Gasteiger partial charge in [0.15, 0.2) is 0 Å². The Labute approximate surface area is 127 Å². The Balaban J connectivity index is 2.08. The zero-order valence-electron chi connectivity index (χ0n) is 13.5. The smallest absolute Gasteiger partial charge is 0.123 e. The van der Waals surface area contributed by atoms with Crippen LogP contribution in [0, 0.1) is 11.2 Å². The van der Waals surface area contributed by atoms with Gasteiger partial charge in [-0.15, -0.1) is 0 Å². The molecule has 0 spiro atoms. The summed E-state index contributed by atoms with van der Waals surface area (Å²) < 4.78 is 19.1. The molecule has 1 unspecified atom stereocenters. The van der Waals surface area contributed by atoms with Crippen molar-refractivity contribution < 1.29 is 9.13 Å². The van der Waals surface area contributed by atoms with Crippen LogP contribution in [0.3, 0.4) is 0 Å². The molecule has 2 N–H and O–H groups in total. The van der Waals surface area contributed by atoms with E-state index < -0.39 is 0 Å². The first-order chi connectivity index (χ1) is 9.87. The molecule has 118 valence electrons. The average molecular weight is 293 g/mol. The van der Waals surface area contributed by atoms with Gasteiger partial charge in [0.25, 0.3) is 0 Å². The minimum atomic E-state index is -0.224. The summed E-state index contributed by atoms with van der Waals surface area (Å²) in [6.07, 6.45) is 5.04. The molecule has 21 heavy (non-hydrogen) atoms. The molecule has 0 aromatic heterocycles. The van der Waals surface area contributed by atoms with E-state index in [-0.39, 0.29) is 17.5 Å². The summed E-state index contributed by atoms with van der Waals surface area (Å²) in [7, 11) is 0. The number of nitrogens with two attached hydrogens (primary N) is 1. The first-order valence-electron chi connectivity index (χ1n) is 8.01. The summed E-state index contributed by atoms with van der Waals surface area (Å²) in [6.45, 7) is 7.35. The van der Waals surface area contributed by atoms with Crippen LogP contribution in [-0.2, 0) is 11.2 Å². The van der Waals surface area contributed by atoms with Crippen LogP contribution in [0.15, 0.2) is 24.3 Å². The number of halogens is 1. The van der Waals surface area contributed by atoms with Crippen LogP contribution in [0.1, 0.15) is 52.0 Å². The molecule has 2 nitrogen and oxygen atoms in total. The lowest BCUT2D eigenvalue weighted by Gasteiger charge is -2.46. The number of ether oxygens (including phenoxy) is 1. The second-order valence-electron chi connectivity index (χ2n) is 7.10. The van der Waals surface area contributed by atoms with Crippen molar-refractivity contribution in [2.24, 2.45) is 11.1 Å². The van der Waals surface area contributed by atoms with Gasteiger partial charge in [0.1, 0.15) is 5.82 Å². The minimum absolute atomic E-state index is 0.0426. The predicted molar refractivity (Wildman–Crippen MR) is 84.7 cm³/mol. The highest BCUT2D eigenvalue weighted by Crippen LogP contribution is 2.43. The quantitative estimate of drug-likeness (QED) is 0.888. The Morgan fingerprint density at radius 3 is 2.24 bits per heavy atom. The zero-order valence-corrected chi connectivity index (χ0v) is 13.5. The maximum absolute atomic E-state index is 13.0. The molecule has 0 saturated heterocycles. The van der Waals surface area contributed by atoms with Gasteiger partial charge < -0.3 is 10.5 Å². The normalized spacial score (nSPS) is 22.0. The lowest BCUT2D eigenvalue weighted by Crippen LogP contribution is -2.54. The molecule has 3 heteroatoms. The third kappa shape index (κ3) is 4.04. The van der Waals surface area contributed by atoms with Gasteiger partial charge in [-0.1, -0.05) is 26.0 Å². The van der Waals surface area contributed by atoms with E-state index >= 15 is 0 Å². The number of rotatable bonds is 5. The molecule has 1 atom stereocenters. The molecule has 1 aromatic rings. The number of hydrogen-bond donors (Lipinski definition) is 1. The highest BCUT2D eigenvalue weighted by atomic mass is 19.1. The average Bonchev–Trinajstić information content (AvgIpc) is 2.44. The lowest BCUT2D eigenvalue weighted by atomic mass is 9.68. The fourth-order valence-electron chi connectivity index (χ4n) is 3.32. The van der Waals surface area contributed by atoms with E-state index in [2.05, 4.69) is 13.8 Å². The van der Waals surface area contributed by atoms with E-state index in [1.165, 1.54) is 12.1 Å². The summed E-state index contributed by atoms with van der Waals surface area (Å²) in [5, 5.41) is 0. The second-order valence-corrected chi connectivity index (χ2v) is 7.10. The SMILES string of the molecule is CCOC1(C(N)Cc2ccc(F)cc2)CCC(C)(C)CC1. The molecule has 0 amide bonds. The lowest BCUT2D eigenvalue weighted by molar-refractivity contribution is -0.0987. The van der Waals surface area contributed by atoms with Crippen LogP contribution < -0.4 is 5.73 Å². The Kier molecular flexibility index (Phi) is 5.05. The standard InChI is InChI=1S/C18H28FNO/c1-4-21-18(11-9-17(2,3)10-12-18)16(20)13-14-5-7-15(19)8-6-14/h5-8,16H,4,9-13,20H2,1-3H3.